The van der Waals surface area contributed by atoms with Crippen LogP contribution in [0.1, 0.15) is 13.8 Å². The molecule has 0 aromatic rings. The third kappa shape index (κ3) is 2170. The topological polar surface area (TPSA) is 175 Å². The molecule has 0 saturated heterocycles. The number of rotatable bonds is 0. The van der Waals surface area contributed by atoms with Gasteiger partial charge in [-0.25, -0.2) is 0 Å². The van der Waals surface area contributed by atoms with E-state index in [0.717, 1.165) is 13.8 Å². The van der Waals surface area contributed by atoms with Gasteiger partial charge in [0.15, 0.2) is 0 Å². The van der Waals surface area contributed by atoms with Gasteiger partial charge in [0.1, 0.15) is 0 Å². The number of carbonyl (C=O) groups excluding carboxylic acids is 2. The van der Waals surface area contributed by atoms with E-state index in [1.54, 1.807) is 0 Å². The number of hydrogen-bond acceptors (Lipinski definition) is 4. The van der Waals surface area contributed by atoms with Crippen molar-refractivity contribution in [2.45, 2.75) is 13.8 Å². The fraction of sp³-hybridized carbons (Fsp3) is 0.500. The van der Waals surface area contributed by atoms with Gasteiger partial charge in [-0.2, -0.15) is 0 Å². The van der Waals surface area contributed by atoms with Gasteiger partial charge in [0.05, 0.1) is 0 Å². The Morgan fingerprint density at radius 3 is 0.833 bits per heavy atom. The predicted octanol–water partition coefficient (Wildman–Crippen LogP) is -4.96. The molecule has 12 heavy (non-hydrogen) atoms. The molecule has 0 aliphatic carbocycles. The Labute approximate surface area is 82.1 Å². The number of carboxylic acids is 2. The Balaban J connectivity index is -0.0000000112. The standard InChI is InChI=1S/2C2H4O2.3H2O.Zn/c2*1-2(3)4;;;;/h2*1H3,(H,3,4);3*1H2;/q;;;;;+2/p-2. The first-order valence-corrected chi connectivity index (χ1v) is 1.82. The van der Waals surface area contributed by atoms with Crippen LogP contribution in [0, 0.1) is 0 Å². The van der Waals surface area contributed by atoms with Crippen molar-refractivity contribution in [1.29, 1.82) is 0 Å². The minimum absolute atomic E-state index is 0. The van der Waals surface area contributed by atoms with Gasteiger partial charge in [-0.15, -0.1) is 0 Å². The molecular weight excluding hydrogens is 225 g/mol. The maximum absolute atomic E-state index is 8.89. The summed E-state index contributed by atoms with van der Waals surface area (Å²) in [4.78, 5) is 17.8. The summed E-state index contributed by atoms with van der Waals surface area (Å²) in [5.74, 6) is -2.17. The molecule has 0 saturated carbocycles. The summed E-state index contributed by atoms with van der Waals surface area (Å²) in [6.45, 7) is 1.94. The van der Waals surface area contributed by atoms with Crippen molar-refractivity contribution in [3.05, 3.63) is 0 Å². The molecule has 0 rings (SSSR count). The smallest absolute Gasteiger partial charge is 0.550 e. The predicted molar refractivity (Wildman–Crippen MR) is 32.2 cm³/mol. The summed E-state index contributed by atoms with van der Waals surface area (Å²) in [6.07, 6.45) is 0. The quantitative estimate of drug-likeness (QED) is 0.384. The first kappa shape index (κ1) is 42.1. The molecule has 0 radical (unpaired) electrons. The van der Waals surface area contributed by atoms with E-state index >= 15 is 0 Å². The Bertz CT molecular complexity index is 73.4. The molecule has 0 aliphatic rings. The molecule has 0 heterocycles. The zero-order valence-electron chi connectivity index (χ0n) is 6.84. The van der Waals surface area contributed by atoms with E-state index in [4.69, 9.17) is 19.8 Å². The van der Waals surface area contributed by atoms with E-state index in [-0.39, 0.29) is 35.9 Å². The zero-order chi connectivity index (χ0) is 7.15. The second-order valence-electron chi connectivity index (χ2n) is 0.983. The second-order valence-corrected chi connectivity index (χ2v) is 0.983. The summed E-state index contributed by atoms with van der Waals surface area (Å²) in [5.41, 5.74) is 0. The summed E-state index contributed by atoms with van der Waals surface area (Å²) in [5, 5.41) is 17.8. The molecule has 6 N–H and O–H groups in total. The zero-order valence-corrected chi connectivity index (χ0v) is 9.81. The van der Waals surface area contributed by atoms with E-state index in [9.17, 15) is 0 Å². The summed E-state index contributed by atoms with van der Waals surface area (Å²) >= 11 is 0. The number of aliphatic carboxylic acids is 2. The fourth-order valence-electron chi connectivity index (χ4n) is 0. The molecule has 0 amide bonds. The van der Waals surface area contributed by atoms with Crippen LogP contribution in [0.25, 0.3) is 0 Å². The molecule has 7 nitrogen and oxygen atoms in total. The van der Waals surface area contributed by atoms with Gasteiger partial charge < -0.3 is 36.2 Å². The van der Waals surface area contributed by atoms with Crippen LogP contribution < -0.4 is 10.2 Å². The minimum atomic E-state index is -1.08. The molecule has 0 spiro atoms. The Morgan fingerprint density at radius 1 is 0.833 bits per heavy atom. The average Bonchev–Trinajstić information content (AvgIpc) is 1.25. The number of carboxylic acid groups (broad SMARTS) is 2. The van der Waals surface area contributed by atoms with Crippen LogP contribution in [0.5, 0.6) is 0 Å². The van der Waals surface area contributed by atoms with E-state index < -0.39 is 11.9 Å². The van der Waals surface area contributed by atoms with Crippen LogP contribution in [0.4, 0.5) is 0 Å². The van der Waals surface area contributed by atoms with Gasteiger partial charge in [-0.1, -0.05) is 0 Å². The van der Waals surface area contributed by atoms with E-state index in [1.165, 1.54) is 0 Å². The molecule has 0 aromatic carbocycles. The summed E-state index contributed by atoms with van der Waals surface area (Å²) < 4.78 is 0. The van der Waals surface area contributed by atoms with Gasteiger partial charge in [-0.05, 0) is 13.8 Å². The number of hydrogen-bond donors (Lipinski definition) is 0. The first-order chi connectivity index (χ1) is 3.46. The van der Waals surface area contributed by atoms with Crippen molar-refractivity contribution >= 4 is 11.9 Å². The number of carbonyl (C=O) groups is 2. The van der Waals surface area contributed by atoms with Crippen LogP contribution >= 0.6 is 0 Å². The van der Waals surface area contributed by atoms with Crippen molar-refractivity contribution in [2.24, 2.45) is 0 Å². The second kappa shape index (κ2) is 31.4. The molecule has 8 heteroatoms. The maximum atomic E-state index is 8.89. The van der Waals surface area contributed by atoms with Gasteiger partial charge in [0.25, 0.3) is 0 Å². The summed E-state index contributed by atoms with van der Waals surface area (Å²) in [6, 6.07) is 0. The summed E-state index contributed by atoms with van der Waals surface area (Å²) in [7, 11) is 0. The molecule has 0 unspecified atom stereocenters. The molecule has 0 atom stereocenters. The average molecular weight is 238 g/mol. The van der Waals surface area contributed by atoms with E-state index in [0.29, 0.717) is 0 Å². The van der Waals surface area contributed by atoms with Crippen molar-refractivity contribution in [2.75, 3.05) is 0 Å². The Kier molecular flexibility index (Phi) is 110. The van der Waals surface area contributed by atoms with Gasteiger partial charge in [0, 0.05) is 11.9 Å². The molecule has 72 valence electrons. The Morgan fingerprint density at radius 2 is 0.833 bits per heavy atom. The molecular formula is C4H12O7Zn. The third-order valence-electron chi connectivity index (χ3n) is 0. The van der Waals surface area contributed by atoms with Crippen LogP contribution in [0.3, 0.4) is 0 Å². The van der Waals surface area contributed by atoms with Crippen LogP contribution in [0.15, 0.2) is 0 Å². The fourth-order valence-corrected chi connectivity index (χ4v) is 0. The van der Waals surface area contributed by atoms with Gasteiger partial charge in [-0.3, -0.25) is 0 Å². The largest absolute Gasteiger partial charge is 2.00 e. The normalized spacial score (nSPS) is 4.17. The van der Waals surface area contributed by atoms with Crippen molar-refractivity contribution < 1.29 is 55.7 Å². The van der Waals surface area contributed by atoms with Crippen molar-refractivity contribution in [3.63, 3.8) is 0 Å². The molecule has 0 aliphatic heterocycles. The first-order valence-electron chi connectivity index (χ1n) is 1.82. The molecule has 0 aromatic heterocycles. The van der Waals surface area contributed by atoms with Crippen molar-refractivity contribution in [3.8, 4) is 0 Å². The van der Waals surface area contributed by atoms with Crippen LogP contribution in [-0.2, 0) is 29.1 Å². The van der Waals surface area contributed by atoms with Crippen LogP contribution in [-0.4, -0.2) is 28.4 Å². The third-order valence-corrected chi connectivity index (χ3v) is 0. The van der Waals surface area contributed by atoms with Crippen molar-refractivity contribution in [1.82, 2.24) is 0 Å². The SMILES string of the molecule is CC(=O)[O-].CC(=O)[O-].O.O.O.[Zn+2]. The monoisotopic (exact) mass is 236 g/mol. The van der Waals surface area contributed by atoms with Gasteiger partial charge >= 0.3 is 19.5 Å². The maximum Gasteiger partial charge on any atom is 2.00 e. The van der Waals surface area contributed by atoms with Crippen LogP contribution in [0.2, 0.25) is 0 Å². The Hall–Kier alpha value is -0.557. The van der Waals surface area contributed by atoms with E-state index in [2.05, 4.69) is 0 Å². The molecule has 0 bridgehead atoms. The molecule has 0 fully saturated rings. The minimum Gasteiger partial charge on any atom is -0.550 e. The van der Waals surface area contributed by atoms with Gasteiger partial charge in [0.2, 0.25) is 0 Å². The van der Waals surface area contributed by atoms with E-state index in [1.807, 2.05) is 0 Å².